The Bertz CT molecular complexity index is 619. The Balaban J connectivity index is 0.000000242. The maximum absolute atomic E-state index is 4.30. The summed E-state index contributed by atoms with van der Waals surface area (Å²) in [6.45, 7) is 11.0. The van der Waals surface area contributed by atoms with Crippen LogP contribution in [0.3, 0.4) is 0 Å². The summed E-state index contributed by atoms with van der Waals surface area (Å²) in [5, 5.41) is 6.67. The van der Waals surface area contributed by atoms with E-state index in [1.165, 1.54) is 11.3 Å². The van der Waals surface area contributed by atoms with Crippen LogP contribution in [0.5, 0.6) is 0 Å². The average Bonchev–Trinajstić information content (AvgIpc) is 2.39. The van der Waals surface area contributed by atoms with E-state index in [0.717, 1.165) is 16.6 Å². The van der Waals surface area contributed by atoms with Crippen molar-refractivity contribution in [3.05, 3.63) is 53.6 Å². The number of benzene rings is 1. The van der Waals surface area contributed by atoms with Crippen LogP contribution in [-0.4, -0.2) is 4.98 Å². The zero-order valence-corrected chi connectivity index (χ0v) is 16.4. The van der Waals surface area contributed by atoms with Crippen molar-refractivity contribution in [3.63, 3.8) is 0 Å². The Morgan fingerprint density at radius 1 is 1.10 bits per heavy atom. The second-order valence-corrected chi connectivity index (χ2v) is 6.30. The van der Waals surface area contributed by atoms with Crippen LogP contribution < -0.4 is 0 Å². The van der Waals surface area contributed by atoms with Crippen LogP contribution in [0.4, 0.5) is 5.69 Å². The minimum absolute atomic E-state index is 0. The summed E-state index contributed by atoms with van der Waals surface area (Å²) < 4.78 is 0. The molecular weight excluding hydrogens is 333 g/mol. The Morgan fingerprint density at radius 3 is 2.38 bits per heavy atom. The first-order valence-corrected chi connectivity index (χ1v) is 6.94. The fourth-order valence-corrected chi connectivity index (χ4v) is 1.67. The van der Waals surface area contributed by atoms with E-state index in [1.54, 1.807) is 0 Å². The molecule has 0 saturated heterocycles. The summed E-state index contributed by atoms with van der Waals surface area (Å²) in [5.74, 6) is 1.49. The third-order valence-corrected chi connectivity index (χ3v) is 3.76. The van der Waals surface area contributed by atoms with Crippen molar-refractivity contribution < 1.29 is 32.7 Å². The zero-order valence-electron chi connectivity index (χ0n) is 13.5. The van der Waals surface area contributed by atoms with Gasteiger partial charge in [-0.05, 0) is 16.3 Å². The van der Waals surface area contributed by atoms with Gasteiger partial charge < -0.3 is 11.2 Å². The quantitative estimate of drug-likeness (QED) is 0.543. The van der Waals surface area contributed by atoms with E-state index in [0.29, 0.717) is 5.41 Å². The molecule has 109 valence electrons. The van der Waals surface area contributed by atoms with Crippen molar-refractivity contribution in [3.8, 4) is 0 Å². The van der Waals surface area contributed by atoms with Crippen LogP contribution in [0.1, 0.15) is 40.2 Å². The fourth-order valence-electron chi connectivity index (χ4n) is 1.67. The third kappa shape index (κ3) is 4.62. The SMILES string of the molecule is C1=Cc2cncc3cccc(c23)[N-]1.C[C-](C)C(C)(C)C.[Y]. The molecule has 0 bridgehead atoms. The van der Waals surface area contributed by atoms with E-state index in [1.807, 2.05) is 36.8 Å². The molecule has 1 radical (unpaired) electrons. The van der Waals surface area contributed by atoms with Crippen LogP contribution in [0.2, 0.25) is 0 Å². The van der Waals surface area contributed by atoms with Crippen molar-refractivity contribution in [1.29, 1.82) is 0 Å². The smallest absolute Gasteiger partial charge is 0.0346 e. The van der Waals surface area contributed by atoms with Gasteiger partial charge in [-0.15, -0.1) is 5.69 Å². The molecule has 2 nitrogen and oxygen atoms in total. The van der Waals surface area contributed by atoms with Gasteiger partial charge >= 0.3 is 0 Å². The van der Waals surface area contributed by atoms with Crippen LogP contribution in [0.25, 0.3) is 22.2 Å². The van der Waals surface area contributed by atoms with E-state index in [9.17, 15) is 0 Å². The molecule has 3 rings (SSSR count). The molecule has 0 aliphatic carbocycles. The van der Waals surface area contributed by atoms with Crippen molar-refractivity contribution >= 4 is 22.5 Å². The second kappa shape index (κ2) is 7.51. The standard InChI is InChI=1S/C11H7N2.C7H15.Y/c1-2-8-6-12-7-9-4-5-13-10(3-1)11(8)9;1-6(2)7(3,4)5;/h1-7H;1-5H3;/q2*-1;. The molecule has 0 spiro atoms. The summed E-state index contributed by atoms with van der Waals surface area (Å²) in [6.07, 6.45) is 7.55. The van der Waals surface area contributed by atoms with Gasteiger partial charge in [-0.3, -0.25) is 4.98 Å². The van der Waals surface area contributed by atoms with Crippen molar-refractivity contribution in [2.75, 3.05) is 0 Å². The van der Waals surface area contributed by atoms with E-state index < -0.39 is 0 Å². The summed E-state index contributed by atoms with van der Waals surface area (Å²) in [6, 6.07) is 6.09. The summed E-state index contributed by atoms with van der Waals surface area (Å²) in [7, 11) is 0. The molecular formula is C18H22N2Y-2. The number of aromatic nitrogens is 1. The van der Waals surface area contributed by atoms with Crippen LogP contribution in [-0.2, 0) is 32.7 Å². The van der Waals surface area contributed by atoms with Crippen LogP contribution in [0.15, 0.2) is 36.8 Å². The summed E-state index contributed by atoms with van der Waals surface area (Å²) in [5.41, 5.74) is 2.61. The fraction of sp³-hybridized carbons (Fsp3) is 0.333. The van der Waals surface area contributed by atoms with Crippen LogP contribution in [0, 0.1) is 11.3 Å². The first-order chi connectivity index (χ1) is 9.39. The Hall–Kier alpha value is -0.726. The molecule has 1 aromatic heterocycles. The number of nitrogens with zero attached hydrogens (tertiary/aromatic N) is 2. The van der Waals surface area contributed by atoms with Gasteiger partial charge in [0.1, 0.15) is 0 Å². The molecule has 0 saturated carbocycles. The van der Waals surface area contributed by atoms with Gasteiger partial charge in [-0.25, -0.2) is 0 Å². The largest absolute Gasteiger partial charge is 0.664 e. The zero-order chi connectivity index (χ0) is 14.8. The number of rotatable bonds is 0. The third-order valence-electron chi connectivity index (χ3n) is 3.76. The predicted octanol–water partition coefficient (Wildman–Crippen LogP) is 5.87. The minimum atomic E-state index is 0. The second-order valence-electron chi connectivity index (χ2n) is 6.30. The number of hydrogen-bond acceptors (Lipinski definition) is 1. The van der Waals surface area contributed by atoms with E-state index in [-0.39, 0.29) is 32.7 Å². The van der Waals surface area contributed by atoms with Gasteiger partial charge in [0, 0.05) is 45.1 Å². The summed E-state index contributed by atoms with van der Waals surface area (Å²) >= 11 is 0. The molecule has 0 fully saturated rings. The molecule has 0 amide bonds. The minimum Gasteiger partial charge on any atom is -0.664 e. The number of pyridine rings is 1. The molecule has 2 aromatic rings. The molecule has 2 heterocycles. The van der Waals surface area contributed by atoms with Gasteiger partial charge in [0.15, 0.2) is 0 Å². The van der Waals surface area contributed by atoms with Gasteiger partial charge in [0.2, 0.25) is 0 Å². The predicted molar refractivity (Wildman–Crippen MR) is 87.8 cm³/mol. The van der Waals surface area contributed by atoms with Gasteiger partial charge in [0.05, 0.1) is 0 Å². The molecule has 1 aliphatic heterocycles. The molecule has 0 N–H and O–H groups in total. The van der Waals surface area contributed by atoms with Crippen LogP contribution >= 0.6 is 0 Å². The summed E-state index contributed by atoms with van der Waals surface area (Å²) in [4.78, 5) is 4.17. The topological polar surface area (TPSA) is 27.0 Å². The molecule has 1 aromatic carbocycles. The van der Waals surface area contributed by atoms with E-state index in [2.05, 4.69) is 51.0 Å². The molecule has 3 heteroatoms. The van der Waals surface area contributed by atoms with Gasteiger partial charge in [-0.2, -0.15) is 25.5 Å². The first-order valence-electron chi connectivity index (χ1n) is 6.94. The Morgan fingerprint density at radius 2 is 1.76 bits per heavy atom. The Labute approximate surface area is 153 Å². The first kappa shape index (κ1) is 18.3. The number of hydrogen-bond donors (Lipinski definition) is 0. The van der Waals surface area contributed by atoms with E-state index >= 15 is 0 Å². The van der Waals surface area contributed by atoms with Crippen molar-refractivity contribution in [1.82, 2.24) is 4.98 Å². The molecule has 0 unspecified atom stereocenters. The van der Waals surface area contributed by atoms with Gasteiger partial charge in [0.25, 0.3) is 0 Å². The van der Waals surface area contributed by atoms with Gasteiger partial charge in [-0.1, -0.05) is 45.0 Å². The van der Waals surface area contributed by atoms with Crippen molar-refractivity contribution in [2.45, 2.75) is 34.6 Å². The van der Waals surface area contributed by atoms with Crippen molar-refractivity contribution in [2.24, 2.45) is 5.41 Å². The maximum atomic E-state index is 4.30. The normalized spacial score (nSPS) is 12.3. The molecule has 21 heavy (non-hydrogen) atoms. The monoisotopic (exact) mass is 355 g/mol. The molecule has 0 atom stereocenters. The average molecular weight is 355 g/mol. The maximum Gasteiger partial charge on any atom is 0.0346 e. The van der Waals surface area contributed by atoms with E-state index in [4.69, 9.17) is 0 Å². The Kier molecular flexibility index (Phi) is 6.55. The molecule has 1 aliphatic rings.